The van der Waals surface area contributed by atoms with Crippen molar-refractivity contribution in [2.75, 3.05) is 95.3 Å². The molecule has 4 saturated carbocycles. The van der Waals surface area contributed by atoms with Crippen LogP contribution in [-0.4, -0.2) is 293 Å². The van der Waals surface area contributed by atoms with Gasteiger partial charge < -0.3 is 69.1 Å². The highest BCUT2D eigenvalue weighted by atomic mass is 19.4. The third-order valence-electron chi connectivity index (χ3n) is 27.6. The number of methoxy groups -OCH3 is 1. The second kappa shape index (κ2) is 37.6. The number of rotatable bonds is 14. The minimum Gasteiger partial charge on any atom is -0.381 e. The molecule has 3 unspecified atom stereocenters. The van der Waals surface area contributed by atoms with Crippen LogP contribution in [0.4, 0.5) is 13.2 Å². The van der Waals surface area contributed by atoms with Crippen molar-refractivity contribution >= 4 is 70.9 Å². The van der Waals surface area contributed by atoms with Gasteiger partial charge in [-0.3, -0.25) is 57.5 Å². The average molecular weight is 1560 g/mol. The molecule has 0 aromatic heterocycles. The molecule has 1 spiro atoms. The number of ether oxygens (including phenoxy) is 2. The Hall–Kier alpha value is -6.91. The van der Waals surface area contributed by atoms with Gasteiger partial charge in [0.1, 0.15) is 59.9 Å². The quantitative estimate of drug-likeness (QED) is 0.162. The number of hydrogen-bond acceptors (Lipinski definition) is 14. The lowest BCUT2D eigenvalue weighted by atomic mass is 9.73. The van der Waals surface area contributed by atoms with E-state index in [0.29, 0.717) is 83.2 Å². The van der Waals surface area contributed by atoms with Gasteiger partial charge in [0.25, 0.3) is 0 Å². The number of carbonyl (C=O) groups is 12. The molecule has 14 atom stereocenters. The first kappa shape index (κ1) is 86.5. The Balaban J connectivity index is 1.04. The molecule has 29 heteroatoms. The molecule has 5 heterocycles. The molecule has 0 radical (unpaired) electrons. The van der Waals surface area contributed by atoms with E-state index in [1.807, 2.05) is 20.8 Å². The zero-order chi connectivity index (χ0) is 80.7. The second-order valence-electron chi connectivity index (χ2n) is 34.6. The van der Waals surface area contributed by atoms with Crippen LogP contribution in [0, 0.1) is 35.5 Å². The molecule has 10 aliphatic rings. The molecule has 10 rings (SSSR count). The van der Waals surface area contributed by atoms with Crippen LogP contribution in [0.15, 0.2) is 11.1 Å². The van der Waals surface area contributed by atoms with Crippen LogP contribution in [-0.2, 0) is 67.0 Å². The van der Waals surface area contributed by atoms with Crippen molar-refractivity contribution in [1.29, 1.82) is 0 Å². The molecular weight excluding hydrogens is 1430 g/mol. The van der Waals surface area contributed by atoms with E-state index in [-0.39, 0.29) is 115 Å². The minimum atomic E-state index is -4.52. The fourth-order valence-corrected chi connectivity index (χ4v) is 20.0. The summed E-state index contributed by atoms with van der Waals surface area (Å²) in [5.74, 6) is -9.39. The lowest BCUT2D eigenvalue weighted by Gasteiger charge is -2.51. The predicted octanol–water partition coefficient (Wildman–Crippen LogP) is 7.23. The molecule has 111 heavy (non-hydrogen) atoms. The molecular formula is C82H129F3N12O14. The fraction of sp³-hybridized carbons (Fsp3) is 0.829. The van der Waals surface area contributed by atoms with E-state index >= 15 is 57.5 Å². The SMILES string of the molecule is CCC[C@H]1C(=O)N[C@@H]([C@@H](C)CC)C(=O)N2CCC[C@H]2C(=O)N(C)[C@H]2CC3=C(CCN(C2=O)[C@@H](CC2CCC(C)CC2)C(=O)N(C)CC(=O)N[C@@H](CCC2CCC(C(F)(F)F)C(OC)C2)C(=O)N2C[C@H](OCC)C[C@H]2C(=O)N(C)C2(CCC2)C(=O)N(C)[C@@H](C2CCCCC2)C(=O)N(C)[C@H](C(=O)N2CCCC2)CC(=O)N1C)C3. The van der Waals surface area contributed by atoms with Gasteiger partial charge in [0.05, 0.1) is 31.1 Å². The lowest BCUT2D eigenvalue weighted by Crippen LogP contribution is -2.68. The highest BCUT2D eigenvalue weighted by molar-refractivity contribution is 6.01. The number of likely N-dealkylation sites (N-methyl/N-ethyl adjacent to an activating group) is 6. The van der Waals surface area contributed by atoms with Gasteiger partial charge in [0.2, 0.25) is 70.9 Å². The molecule has 0 aromatic carbocycles. The second-order valence-corrected chi connectivity index (χ2v) is 34.6. The summed E-state index contributed by atoms with van der Waals surface area (Å²) in [6, 6.07) is -10.8. The van der Waals surface area contributed by atoms with Crippen LogP contribution >= 0.6 is 0 Å². The molecule has 2 bridgehead atoms. The van der Waals surface area contributed by atoms with E-state index in [1.165, 1.54) is 74.5 Å². The van der Waals surface area contributed by atoms with Gasteiger partial charge in [0.15, 0.2) is 0 Å². The highest BCUT2D eigenvalue weighted by Gasteiger charge is 2.57. The van der Waals surface area contributed by atoms with Gasteiger partial charge in [0, 0.05) is 95.1 Å². The standard InChI is InChI=1S/C82H129F3N12O14/c1-13-23-60-71(100)87-69(51(5)14-2)78(107)95-40-21-26-61(95)74(103)90(8)62-45-56-44-55(56)35-41-96(77(62)106)64(42-52-29-27-50(4)28-30-52)73(102)88(6)49-67(98)86-59(34-32-53-31-33-58(82(83,84)85)66(43-53)110-12)72(101)97-48-57(111-15-3)46-65(97)75(104)93(11)81(36-22-37-81)80(109)92(10)70(54-24-17-16-18-25-54)79(108)91(9)63(47-68(99)89(60)7)76(105)94-38-19-20-39-94/h50-54,57-66,69-70H,13-49H2,1-12H3,(H,86,98)(H,87,100)/t50?,51-,52?,53?,57+,58?,59-,60-,61-,62-,63-,64-,65-,66?,69-,70-/m0/s1. The molecule has 0 aromatic rings. The Morgan fingerprint density at radius 2 is 1.29 bits per heavy atom. The first-order valence-electron chi connectivity index (χ1n) is 42.1. The van der Waals surface area contributed by atoms with Crippen LogP contribution in [0.25, 0.3) is 0 Å². The van der Waals surface area contributed by atoms with Crippen molar-refractivity contribution in [2.45, 2.75) is 306 Å². The number of hydrogen-bond donors (Lipinski definition) is 2. The number of halogens is 3. The van der Waals surface area contributed by atoms with Crippen molar-refractivity contribution in [1.82, 2.24) is 59.6 Å². The molecule has 26 nitrogen and oxygen atoms in total. The monoisotopic (exact) mass is 1560 g/mol. The Morgan fingerprint density at radius 1 is 0.604 bits per heavy atom. The predicted molar refractivity (Wildman–Crippen MR) is 408 cm³/mol. The number of fused-ring (bicyclic) bond motifs is 4. The maximum Gasteiger partial charge on any atom is 0.394 e. The minimum absolute atomic E-state index is 0.00681. The topological polar surface area (TPSA) is 280 Å². The molecule has 4 saturated heterocycles. The van der Waals surface area contributed by atoms with Crippen LogP contribution in [0.3, 0.4) is 0 Å². The van der Waals surface area contributed by atoms with Crippen molar-refractivity contribution in [3.8, 4) is 0 Å². The third-order valence-corrected chi connectivity index (χ3v) is 27.6. The van der Waals surface area contributed by atoms with Crippen LogP contribution in [0.2, 0.25) is 0 Å². The summed E-state index contributed by atoms with van der Waals surface area (Å²) in [5.41, 5.74) is 0.617. The zero-order valence-corrected chi connectivity index (χ0v) is 68.3. The summed E-state index contributed by atoms with van der Waals surface area (Å²) in [7, 11) is 10.3. The molecule has 622 valence electrons. The van der Waals surface area contributed by atoms with Crippen LogP contribution in [0.5, 0.6) is 0 Å². The number of amides is 12. The first-order chi connectivity index (χ1) is 52.8. The van der Waals surface area contributed by atoms with Gasteiger partial charge in [-0.25, -0.2) is 0 Å². The number of nitrogens with one attached hydrogen (secondary N) is 2. The van der Waals surface area contributed by atoms with Crippen molar-refractivity contribution < 1.29 is 80.2 Å². The van der Waals surface area contributed by atoms with Gasteiger partial charge in [-0.2, -0.15) is 13.2 Å². The van der Waals surface area contributed by atoms with Gasteiger partial charge in [-0.05, 0) is 159 Å². The largest absolute Gasteiger partial charge is 0.394 e. The number of alkyl halides is 3. The molecule has 5 aliphatic carbocycles. The fourth-order valence-electron chi connectivity index (χ4n) is 20.0. The van der Waals surface area contributed by atoms with E-state index in [9.17, 15) is 13.2 Å². The third kappa shape index (κ3) is 19.4. The number of nitrogens with zero attached hydrogens (tertiary/aromatic N) is 10. The van der Waals surface area contributed by atoms with E-state index in [0.717, 1.165) is 56.1 Å². The Morgan fingerprint density at radius 3 is 1.92 bits per heavy atom. The van der Waals surface area contributed by atoms with Crippen LogP contribution in [0.1, 0.15) is 227 Å². The van der Waals surface area contributed by atoms with E-state index in [4.69, 9.17) is 9.47 Å². The summed E-state index contributed by atoms with van der Waals surface area (Å²) in [4.78, 5) is 201. The Bertz CT molecular complexity index is 3410. The first-order valence-corrected chi connectivity index (χ1v) is 42.1. The van der Waals surface area contributed by atoms with Crippen molar-refractivity contribution in [3.63, 3.8) is 0 Å². The molecule has 5 aliphatic heterocycles. The summed E-state index contributed by atoms with van der Waals surface area (Å²) < 4.78 is 54.9. The van der Waals surface area contributed by atoms with Crippen molar-refractivity contribution in [2.24, 2.45) is 35.5 Å². The van der Waals surface area contributed by atoms with E-state index in [1.54, 1.807) is 30.8 Å². The maximum absolute atomic E-state index is 16.0. The van der Waals surface area contributed by atoms with E-state index in [2.05, 4.69) is 17.6 Å². The maximum atomic E-state index is 16.0. The smallest absolute Gasteiger partial charge is 0.381 e. The van der Waals surface area contributed by atoms with Gasteiger partial charge in [-0.1, -0.05) is 96.6 Å². The van der Waals surface area contributed by atoms with Crippen LogP contribution < -0.4 is 10.6 Å². The summed E-state index contributed by atoms with van der Waals surface area (Å²) >= 11 is 0. The highest BCUT2D eigenvalue weighted by Crippen LogP contribution is 2.46. The Labute approximate surface area is 655 Å². The number of carbonyl (C=O) groups excluding carboxylic acids is 12. The number of likely N-dealkylation sites (tertiary alicyclic amines) is 1. The molecule has 2 N–H and O–H groups in total. The molecule has 12 amide bonds. The zero-order valence-electron chi connectivity index (χ0n) is 68.3. The summed E-state index contributed by atoms with van der Waals surface area (Å²) in [6.07, 6.45) is 5.57. The Kier molecular flexibility index (Phi) is 29.3. The molecule has 8 fully saturated rings. The lowest BCUT2D eigenvalue weighted by molar-refractivity contribution is -0.215. The van der Waals surface area contributed by atoms with Gasteiger partial charge >= 0.3 is 6.18 Å². The van der Waals surface area contributed by atoms with Crippen molar-refractivity contribution in [3.05, 3.63) is 11.1 Å². The summed E-state index contributed by atoms with van der Waals surface area (Å²) in [5, 5.41) is 5.97. The van der Waals surface area contributed by atoms with E-state index < -0.39 is 180 Å². The van der Waals surface area contributed by atoms with Gasteiger partial charge in [-0.15, -0.1) is 0 Å². The average Bonchev–Trinajstić information content (AvgIpc) is 1.41. The summed E-state index contributed by atoms with van der Waals surface area (Å²) in [6.45, 7) is 10.1. The normalized spacial score (nSPS) is 32.9.